The van der Waals surface area contributed by atoms with Crippen LogP contribution in [0.3, 0.4) is 0 Å². The molecule has 5 nitrogen and oxygen atoms in total. The molecule has 0 fully saturated rings. The Morgan fingerprint density at radius 2 is 2.06 bits per heavy atom. The average Bonchev–Trinajstić information content (AvgIpc) is 2.33. The molecule has 0 aliphatic carbocycles. The summed E-state index contributed by atoms with van der Waals surface area (Å²) in [6.45, 7) is 5.22. The van der Waals surface area contributed by atoms with Gasteiger partial charge in [0.25, 0.3) is 0 Å². The number of benzene rings is 1. The standard InChI is InChI=1S/C13H18N2O3/c1-4-12(16)15-10-6-5-8(2)11(7-10)14-9(3)13(17)18/h5-7,9,14H,4H2,1-3H3,(H,15,16)(H,17,18). The van der Waals surface area contributed by atoms with Crippen molar-refractivity contribution >= 4 is 23.3 Å². The summed E-state index contributed by atoms with van der Waals surface area (Å²) in [6, 6.07) is 4.69. The molecule has 1 atom stereocenters. The third kappa shape index (κ3) is 3.76. The maximum absolute atomic E-state index is 11.3. The fourth-order valence-corrected chi connectivity index (χ4v) is 1.40. The van der Waals surface area contributed by atoms with Crippen molar-refractivity contribution in [3.8, 4) is 0 Å². The highest BCUT2D eigenvalue weighted by atomic mass is 16.4. The summed E-state index contributed by atoms with van der Waals surface area (Å²) in [5, 5.41) is 14.5. The van der Waals surface area contributed by atoms with E-state index in [0.717, 1.165) is 5.56 Å². The van der Waals surface area contributed by atoms with Crippen LogP contribution in [0.5, 0.6) is 0 Å². The van der Waals surface area contributed by atoms with Crippen LogP contribution in [0.2, 0.25) is 0 Å². The lowest BCUT2D eigenvalue weighted by Gasteiger charge is -2.15. The number of nitrogens with one attached hydrogen (secondary N) is 2. The normalized spacial score (nSPS) is 11.7. The number of aryl methyl sites for hydroxylation is 1. The number of carboxylic acid groups (broad SMARTS) is 1. The molecule has 0 aliphatic heterocycles. The minimum atomic E-state index is -0.919. The molecule has 98 valence electrons. The van der Waals surface area contributed by atoms with Crippen LogP contribution in [0.15, 0.2) is 18.2 Å². The molecule has 0 saturated carbocycles. The first kappa shape index (κ1) is 14.0. The molecule has 1 rings (SSSR count). The fourth-order valence-electron chi connectivity index (χ4n) is 1.40. The molecule has 1 unspecified atom stereocenters. The van der Waals surface area contributed by atoms with E-state index in [4.69, 9.17) is 5.11 Å². The summed E-state index contributed by atoms with van der Waals surface area (Å²) >= 11 is 0. The van der Waals surface area contributed by atoms with Gasteiger partial charge in [0.05, 0.1) is 0 Å². The lowest BCUT2D eigenvalue weighted by atomic mass is 10.1. The zero-order valence-electron chi connectivity index (χ0n) is 10.8. The van der Waals surface area contributed by atoms with Crippen molar-refractivity contribution in [1.29, 1.82) is 0 Å². The number of rotatable bonds is 5. The number of carbonyl (C=O) groups excluding carboxylic acids is 1. The highest BCUT2D eigenvalue weighted by Crippen LogP contribution is 2.21. The van der Waals surface area contributed by atoms with E-state index in [0.29, 0.717) is 17.8 Å². The van der Waals surface area contributed by atoms with Crippen molar-refractivity contribution in [2.75, 3.05) is 10.6 Å². The van der Waals surface area contributed by atoms with Gasteiger partial charge in [-0.15, -0.1) is 0 Å². The number of carbonyl (C=O) groups is 2. The minimum Gasteiger partial charge on any atom is -0.480 e. The zero-order valence-corrected chi connectivity index (χ0v) is 10.8. The molecule has 0 saturated heterocycles. The van der Waals surface area contributed by atoms with Crippen LogP contribution in [-0.4, -0.2) is 23.0 Å². The summed E-state index contributed by atoms with van der Waals surface area (Å²) in [4.78, 5) is 22.1. The molecule has 1 aromatic carbocycles. The van der Waals surface area contributed by atoms with Crippen LogP contribution >= 0.6 is 0 Å². The summed E-state index contributed by atoms with van der Waals surface area (Å²) in [5.74, 6) is -0.992. The van der Waals surface area contributed by atoms with Gasteiger partial charge in [-0.3, -0.25) is 9.59 Å². The van der Waals surface area contributed by atoms with Crippen LogP contribution in [0, 0.1) is 6.92 Å². The predicted octanol–water partition coefficient (Wildman–Crippen LogP) is 2.23. The molecule has 3 N–H and O–H groups in total. The third-order valence-corrected chi connectivity index (χ3v) is 2.58. The van der Waals surface area contributed by atoms with Crippen molar-refractivity contribution in [2.24, 2.45) is 0 Å². The van der Waals surface area contributed by atoms with Crippen molar-refractivity contribution in [3.05, 3.63) is 23.8 Å². The van der Waals surface area contributed by atoms with Crippen molar-refractivity contribution in [2.45, 2.75) is 33.2 Å². The second-order valence-electron chi connectivity index (χ2n) is 4.14. The Kier molecular flexibility index (Phi) is 4.71. The molecule has 0 heterocycles. The zero-order chi connectivity index (χ0) is 13.7. The van der Waals surface area contributed by atoms with E-state index in [1.54, 1.807) is 26.0 Å². The number of anilines is 2. The van der Waals surface area contributed by atoms with Crippen LogP contribution < -0.4 is 10.6 Å². The molecule has 5 heteroatoms. The SMILES string of the molecule is CCC(=O)Nc1ccc(C)c(NC(C)C(=O)O)c1. The Hall–Kier alpha value is -2.04. The maximum Gasteiger partial charge on any atom is 0.325 e. The monoisotopic (exact) mass is 250 g/mol. The van der Waals surface area contributed by atoms with Crippen LogP contribution in [-0.2, 0) is 9.59 Å². The highest BCUT2D eigenvalue weighted by molar-refractivity contribution is 5.91. The van der Waals surface area contributed by atoms with Gasteiger partial charge in [-0.1, -0.05) is 13.0 Å². The average molecular weight is 250 g/mol. The molecule has 0 bridgehead atoms. The lowest BCUT2D eigenvalue weighted by Crippen LogP contribution is -2.25. The molecule has 1 amide bonds. The first-order valence-corrected chi connectivity index (χ1v) is 5.84. The summed E-state index contributed by atoms with van der Waals surface area (Å²) in [6.07, 6.45) is 0.405. The number of hydrogen-bond donors (Lipinski definition) is 3. The van der Waals surface area contributed by atoms with Gasteiger partial charge in [-0.2, -0.15) is 0 Å². The first-order valence-electron chi connectivity index (χ1n) is 5.84. The Morgan fingerprint density at radius 3 is 2.61 bits per heavy atom. The topological polar surface area (TPSA) is 78.4 Å². The molecule has 18 heavy (non-hydrogen) atoms. The van der Waals surface area contributed by atoms with E-state index in [1.807, 2.05) is 13.0 Å². The van der Waals surface area contributed by atoms with E-state index in [9.17, 15) is 9.59 Å². The largest absolute Gasteiger partial charge is 0.480 e. The first-order chi connectivity index (χ1) is 8.43. The van der Waals surface area contributed by atoms with Gasteiger partial charge in [0.2, 0.25) is 5.91 Å². The Labute approximate surface area is 106 Å². The van der Waals surface area contributed by atoms with E-state index in [1.165, 1.54) is 0 Å². The quantitative estimate of drug-likeness (QED) is 0.748. The molecule has 1 aromatic rings. The van der Waals surface area contributed by atoms with Crippen molar-refractivity contribution in [3.63, 3.8) is 0 Å². The summed E-state index contributed by atoms with van der Waals surface area (Å²) in [7, 11) is 0. The van der Waals surface area contributed by atoms with Crippen molar-refractivity contribution < 1.29 is 14.7 Å². The van der Waals surface area contributed by atoms with Gasteiger partial charge < -0.3 is 15.7 Å². The van der Waals surface area contributed by atoms with Gasteiger partial charge in [0.15, 0.2) is 0 Å². The smallest absolute Gasteiger partial charge is 0.325 e. The second-order valence-corrected chi connectivity index (χ2v) is 4.14. The number of amides is 1. The van der Waals surface area contributed by atoms with Crippen LogP contribution in [0.25, 0.3) is 0 Å². The number of aliphatic carboxylic acids is 1. The molecule has 0 aliphatic rings. The summed E-state index contributed by atoms with van der Waals surface area (Å²) < 4.78 is 0. The van der Waals surface area contributed by atoms with E-state index in [-0.39, 0.29) is 5.91 Å². The minimum absolute atomic E-state index is 0.0731. The van der Waals surface area contributed by atoms with E-state index in [2.05, 4.69) is 10.6 Å². The Balaban J connectivity index is 2.87. The van der Waals surface area contributed by atoms with Gasteiger partial charge in [0.1, 0.15) is 6.04 Å². The Bertz CT molecular complexity index is 458. The predicted molar refractivity (Wildman–Crippen MR) is 70.8 cm³/mol. The van der Waals surface area contributed by atoms with Crippen molar-refractivity contribution in [1.82, 2.24) is 0 Å². The van der Waals surface area contributed by atoms with Crippen LogP contribution in [0.1, 0.15) is 25.8 Å². The van der Waals surface area contributed by atoms with Crippen LogP contribution in [0.4, 0.5) is 11.4 Å². The van der Waals surface area contributed by atoms with E-state index < -0.39 is 12.0 Å². The Morgan fingerprint density at radius 1 is 1.39 bits per heavy atom. The molecule has 0 spiro atoms. The lowest BCUT2D eigenvalue weighted by molar-refractivity contribution is -0.137. The molecule has 0 aromatic heterocycles. The third-order valence-electron chi connectivity index (χ3n) is 2.58. The number of hydrogen-bond acceptors (Lipinski definition) is 3. The maximum atomic E-state index is 11.3. The molecular formula is C13H18N2O3. The summed E-state index contributed by atoms with van der Waals surface area (Å²) in [5.41, 5.74) is 2.30. The van der Waals surface area contributed by atoms with Gasteiger partial charge >= 0.3 is 5.97 Å². The number of carboxylic acids is 1. The van der Waals surface area contributed by atoms with Gasteiger partial charge in [0, 0.05) is 17.8 Å². The van der Waals surface area contributed by atoms with E-state index >= 15 is 0 Å². The molecule has 0 radical (unpaired) electrons. The highest BCUT2D eigenvalue weighted by Gasteiger charge is 2.12. The van der Waals surface area contributed by atoms with Gasteiger partial charge in [-0.05, 0) is 31.5 Å². The fraction of sp³-hybridized carbons (Fsp3) is 0.385. The second kappa shape index (κ2) is 6.05. The van der Waals surface area contributed by atoms with Gasteiger partial charge in [-0.25, -0.2) is 0 Å². The molecular weight excluding hydrogens is 232 g/mol.